The van der Waals surface area contributed by atoms with Crippen molar-refractivity contribution in [1.29, 1.82) is 0 Å². The van der Waals surface area contributed by atoms with Crippen molar-refractivity contribution in [3.05, 3.63) is 12.0 Å². The largest absolute Gasteiger partial charge is 0.499 e. The Labute approximate surface area is 72.1 Å². The molecule has 0 saturated heterocycles. The maximum atomic E-state index is 5.33. The van der Waals surface area contributed by atoms with E-state index in [1.807, 2.05) is 6.26 Å². The highest BCUT2D eigenvalue weighted by Gasteiger charge is 1.98. The van der Waals surface area contributed by atoms with Crippen LogP contribution in [-0.4, -0.2) is 14.9 Å². The van der Waals surface area contributed by atoms with Gasteiger partial charge in [0.15, 0.2) is 0 Å². The minimum absolute atomic E-state index is 0.328. The van der Waals surface area contributed by atoms with Crippen molar-refractivity contribution in [3.8, 4) is 0 Å². The summed E-state index contributed by atoms with van der Waals surface area (Å²) in [4.78, 5) is 0. The quantitative estimate of drug-likeness (QED) is 0.458. The topological polar surface area (TPSA) is 9.23 Å². The first kappa shape index (κ1) is 10.8. The molecule has 0 N–H and O–H groups in total. The summed E-state index contributed by atoms with van der Waals surface area (Å²) >= 11 is 0. The summed E-state index contributed by atoms with van der Waals surface area (Å²) in [5.74, 6) is 0. The molecule has 0 aromatic heterocycles. The molecular formula is C9H20OSi. The Kier molecular flexibility index (Phi) is 6.32. The molecule has 0 bridgehead atoms. The Morgan fingerprint density at radius 1 is 1.27 bits per heavy atom. The Morgan fingerprint density at radius 3 is 2.18 bits per heavy atom. The van der Waals surface area contributed by atoms with Gasteiger partial charge < -0.3 is 4.74 Å². The minimum atomic E-state index is -0.557. The first-order valence-electron chi connectivity index (χ1n) is 4.52. The molecule has 0 rings (SSSR count). The average molecular weight is 172 g/mol. The van der Waals surface area contributed by atoms with Crippen LogP contribution in [-0.2, 0) is 4.74 Å². The summed E-state index contributed by atoms with van der Waals surface area (Å²) in [6, 6.07) is 2.68. The van der Waals surface area contributed by atoms with Gasteiger partial charge in [0.2, 0.25) is 0 Å². The normalized spacial score (nSPS) is 11.8. The van der Waals surface area contributed by atoms with Crippen molar-refractivity contribution in [1.82, 2.24) is 0 Å². The summed E-state index contributed by atoms with van der Waals surface area (Å²) < 4.78 is 5.33. The highest BCUT2D eigenvalue weighted by molar-refractivity contribution is 6.63. The Balaban J connectivity index is 3.53. The Morgan fingerprint density at radius 2 is 1.82 bits per heavy atom. The molecule has 11 heavy (non-hydrogen) atoms. The molecule has 0 atom stereocenters. The van der Waals surface area contributed by atoms with Gasteiger partial charge in [0, 0.05) is 0 Å². The third-order valence-corrected chi connectivity index (χ3v) is 4.55. The first-order valence-corrected chi connectivity index (χ1v) is 6.82. The van der Waals surface area contributed by atoms with Gasteiger partial charge >= 0.3 is 0 Å². The zero-order valence-corrected chi connectivity index (χ0v) is 9.29. The van der Waals surface area contributed by atoms with E-state index in [1.54, 1.807) is 0 Å². The molecule has 0 aromatic rings. The van der Waals surface area contributed by atoms with E-state index >= 15 is 0 Å². The van der Waals surface area contributed by atoms with Gasteiger partial charge in [-0.05, 0) is 13.8 Å². The lowest BCUT2D eigenvalue weighted by molar-refractivity contribution is 0.180. The molecule has 0 heterocycles. The number of rotatable bonds is 5. The molecule has 1 nitrogen and oxygen atoms in total. The van der Waals surface area contributed by atoms with E-state index in [2.05, 4.69) is 33.4 Å². The van der Waals surface area contributed by atoms with Crippen LogP contribution < -0.4 is 0 Å². The van der Waals surface area contributed by atoms with Gasteiger partial charge in [-0.1, -0.05) is 31.6 Å². The van der Waals surface area contributed by atoms with Crippen LogP contribution in [0.2, 0.25) is 12.1 Å². The molecule has 0 spiro atoms. The summed E-state index contributed by atoms with van der Waals surface area (Å²) in [5, 5.41) is 0. The van der Waals surface area contributed by atoms with Crippen LogP contribution in [0.3, 0.4) is 0 Å². The van der Waals surface area contributed by atoms with Gasteiger partial charge in [0.1, 0.15) is 0 Å². The van der Waals surface area contributed by atoms with Crippen LogP contribution >= 0.6 is 0 Å². The van der Waals surface area contributed by atoms with Crippen LogP contribution in [0, 0.1) is 0 Å². The highest BCUT2D eigenvalue weighted by Crippen LogP contribution is 2.00. The second-order valence-corrected chi connectivity index (χ2v) is 6.63. The highest BCUT2D eigenvalue weighted by atomic mass is 28.3. The second-order valence-electron chi connectivity index (χ2n) is 3.09. The maximum Gasteiger partial charge on any atom is 0.0922 e. The van der Waals surface area contributed by atoms with Crippen molar-refractivity contribution in [2.24, 2.45) is 0 Å². The fourth-order valence-electron chi connectivity index (χ4n) is 0.874. The first-order chi connectivity index (χ1) is 5.20. The number of hydrogen-bond donors (Lipinski definition) is 0. The monoisotopic (exact) mass is 172 g/mol. The van der Waals surface area contributed by atoms with E-state index in [0.29, 0.717) is 6.10 Å². The van der Waals surface area contributed by atoms with Crippen LogP contribution in [0.25, 0.3) is 0 Å². The van der Waals surface area contributed by atoms with Crippen molar-refractivity contribution in [2.75, 3.05) is 0 Å². The lowest BCUT2D eigenvalue weighted by Gasteiger charge is -2.06. The maximum absolute atomic E-state index is 5.33. The zero-order chi connectivity index (χ0) is 8.69. The van der Waals surface area contributed by atoms with Crippen LogP contribution in [0.5, 0.6) is 0 Å². The summed E-state index contributed by atoms with van der Waals surface area (Å²) in [5.41, 5.74) is 2.29. The predicted molar refractivity (Wildman–Crippen MR) is 53.5 cm³/mol. The SMILES string of the molecule is CC[SiH](C=COC(C)C)CC. The van der Waals surface area contributed by atoms with Gasteiger partial charge in [-0.25, -0.2) is 0 Å². The predicted octanol–water partition coefficient (Wildman–Crippen LogP) is 2.73. The van der Waals surface area contributed by atoms with Crippen molar-refractivity contribution in [2.45, 2.75) is 45.9 Å². The average Bonchev–Trinajstić information content (AvgIpc) is 1.98. The number of hydrogen-bond acceptors (Lipinski definition) is 1. The second kappa shape index (κ2) is 6.47. The molecular weight excluding hydrogens is 152 g/mol. The van der Waals surface area contributed by atoms with E-state index in [9.17, 15) is 0 Å². The van der Waals surface area contributed by atoms with Crippen molar-refractivity contribution >= 4 is 8.80 Å². The van der Waals surface area contributed by atoms with Crippen LogP contribution in [0.4, 0.5) is 0 Å². The van der Waals surface area contributed by atoms with E-state index in [4.69, 9.17) is 4.74 Å². The molecule has 0 fully saturated rings. The molecule has 0 aliphatic rings. The molecule has 0 aliphatic carbocycles. The molecule has 0 unspecified atom stereocenters. The zero-order valence-electron chi connectivity index (χ0n) is 8.13. The van der Waals surface area contributed by atoms with Crippen molar-refractivity contribution in [3.63, 3.8) is 0 Å². The molecule has 0 amide bonds. The Hall–Kier alpha value is -0.243. The van der Waals surface area contributed by atoms with Gasteiger partial charge in [-0.3, -0.25) is 0 Å². The molecule has 0 saturated carbocycles. The van der Waals surface area contributed by atoms with Gasteiger partial charge in [-0.15, -0.1) is 0 Å². The van der Waals surface area contributed by atoms with E-state index in [0.717, 1.165) is 0 Å². The van der Waals surface area contributed by atoms with Crippen LogP contribution in [0.1, 0.15) is 27.7 Å². The summed E-state index contributed by atoms with van der Waals surface area (Å²) in [6.07, 6.45) is 2.23. The lowest BCUT2D eigenvalue weighted by Crippen LogP contribution is -2.05. The third kappa shape index (κ3) is 6.17. The van der Waals surface area contributed by atoms with Gasteiger partial charge in [0.05, 0.1) is 21.2 Å². The fourth-order valence-corrected chi connectivity index (χ4v) is 2.31. The molecule has 0 aromatic carbocycles. The van der Waals surface area contributed by atoms with Crippen LogP contribution in [0.15, 0.2) is 12.0 Å². The lowest BCUT2D eigenvalue weighted by atomic mass is 10.5. The minimum Gasteiger partial charge on any atom is -0.499 e. The number of ether oxygens (including phenoxy) is 1. The standard InChI is InChI=1S/C9H20OSi/c1-5-11(6-2)8-7-10-9(3)4/h7-9,11H,5-6H2,1-4H3. The van der Waals surface area contributed by atoms with Crippen molar-refractivity contribution < 1.29 is 4.74 Å². The summed E-state index contributed by atoms with van der Waals surface area (Å²) in [6.45, 7) is 8.64. The van der Waals surface area contributed by atoms with E-state index in [1.165, 1.54) is 12.1 Å². The molecule has 0 radical (unpaired) electrons. The van der Waals surface area contributed by atoms with E-state index in [-0.39, 0.29) is 0 Å². The van der Waals surface area contributed by atoms with E-state index < -0.39 is 8.80 Å². The molecule has 2 heteroatoms. The Bertz CT molecular complexity index is 106. The smallest absolute Gasteiger partial charge is 0.0922 e. The molecule has 0 aliphatic heterocycles. The van der Waals surface area contributed by atoms with Gasteiger partial charge in [-0.2, -0.15) is 0 Å². The molecule has 66 valence electrons. The summed E-state index contributed by atoms with van der Waals surface area (Å²) in [7, 11) is -0.557. The third-order valence-electron chi connectivity index (χ3n) is 1.75. The van der Waals surface area contributed by atoms with Gasteiger partial charge in [0.25, 0.3) is 0 Å². The fraction of sp³-hybridized carbons (Fsp3) is 0.778.